The second-order valence-electron chi connectivity index (χ2n) is 5.82. The van der Waals surface area contributed by atoms with Gasteiger partial charge in [-0.25, -0.2) is 0 Å². The lowest BCUT2D eigenvalue weighted by molar-refractivity contribution is -0.115. The quantitative estimate of drug-likeness (QED) is 0.817. The molecule has 0 aromatic heterocycles. The summed E-state index contributed by atoms with van der Waals surface area (Å²) in [6, 6.07) is 4.53. The number of anilines is 1. The topological polar surface area (TPSA) is 50.4 Å². The van der Waals surface area contributed by atoms with Crippen molar-refractivity contribution in [1.29, 1.82) is 0 Å². The first kappa shape index (κ1) is 17.9. The van der Waals surface area contributed by atoms with Crippen LogP contribution in [0.5, 0.6) is 5.75 Å². The first-order chi connectivity index (χ1) is 11.0. The van der Waals surface area contributed by atoms with Gasteiger partial charge >= 0.3 is 6.61 Å². The van der Waals surface area contributed by atoms with Crippen molar-refractivity contribution in [3.63, 3.8) is 0 Å². The monoisotopic (exact) mass is 346 g/mol. The Labute approximate surface area is 139 Å². The van der Waals surface area contributed by atoms with Crippen molar-refractivity contribution in [2.45, 2.75) is 45.3 Å². The number of carbonyl (C=O) groups excluding carboxylic acids is 1. The average molecular weight is 347 g/mol. The number of amides is 1. The fourth-order valence-corrected chi connectivity index (χ4v) is 3.04. The van der Waals surface area contributed by atoms with Crippen molar-refractivity contribution in [1.82, 2.24) is 5.32 Å². The molecular formula is C16H21ClF2N2O2. The van der Waals surface area contributed by atoms with E-state index in [4.69, 9.17) is 11.6 Å². The van der Waals surface area contributed by atoms with Crippen molar-refractivity contribution in [2.24, 2.45) is 5.92 Å². The van der Waals surface area contributed by atoms with Crippen LogP contribution in [0.3, 0.4) is 0 Å². The Balaban J connectivity index is 1.84. The molecule has 0 bridgehead atoms. The summed E-state index contributed by atoms with van der Waals surface area (Å²) in [7, 11) is 0. The van der Waals surface area contributed by atoms with Crippen LogP contribution >= 0.6 is 11.6 Å². The fourth-order valence-electron chi connectivity index (χ4n) is 2.82. The molecule has 2 rings (SSSR count). The maximum atomic E-state index is 12.2. The Hall–Kier alpha value is -1.40. The summed E-state index contributed by atoms with van der Waals surface area (Å²) in [5, 5.41) is 5.99. The third-order valence-corrected chi connectivity index (χ3v) is 4.36. The highest BCUT2D eigenvalue weighted by Gasteiger charge is 2.21. The molecule has 1 saturated carbocycles. The lowest BCUT2D eigenvalue weighted by atomic mass is 9.86. The Morgan fingerprint density at radius 2 is 2.13 bits per heavy atom. The summed E-state index contributed by atoms with van der Waals surface area (Å²) in [5.41, 5.74) is 0.445. The van der Waals surface area contributed by atoms with Crippen LogP contribution in [0.15, 0.2) is 18.2 Å². The fraction of sp³-hybridized carbons (Fsp3) is 0.562. The summed E-state index contributed by atoms with van der Waals surface area (Å²) in [5.74, 6) is 0.256. The van der Waals surface area contributed by atoms with Gasteiger partial charge in [-0.15, -0.1) is 0 Å². The smallest absolute Gasteiger partial charge is 0.387 e. The van der Waals surface area contributed by atoms with Gasteiger partial charge in [0.25, 0.3) is 0 Å². The average Bonchev–Trinajstić information content (AvgIpc) is 2.49. The van der Waals surface area contributed by atoms with Gasteiger partial charge in [-0.3, -0.25) is 4.79 Å². The van der Waals surface area contributed by atoms with Crippen molar-refractivity contribution < 1.29 is 18.3 Å². The molecule has 1 aliphatic rings. The number of hydrogen-bond donors (Lipinski definition) is 2. The molecule has 0 spiro atoms. The number of benzene rings is 1. The van der Waals surface area contributed by atoms with Crippen molar-refractivity contribution in [3.8, 4) is 5.75 Å². The van der Waals surface area contributed by atoms with Crippen molar-refractivity contribution >= 4 is 23.2 Å². The Bertz CT molecular complexity index is 543. The van der Waals surface area contributed by atoms with Gasteiger partial charge < -0.3 is 15.4 Å². The maximum Gasteiger partial charge on any atom is 0.387 e. The minimum absolute atomic E-state index is 0.0250. The van der Waals surface area contributed by atoms with E-state index in [0.717, 1.165) is 6.42 Å². The largest absolute Gasteiger partial charge is 0.433 e. The maximum absolute atomic E-state index is 12.2. The number of halogens is 3. The molecule has 7 heteroatoms. The van der Waals surface area contributed by atoms with Crippen molar-refractivity contribution in [2.75, 3.05) is 11.9 Å². The van der Waals surface area contributed by atoms with Crippen LogP contribution in [0.1, 0.15) is 32.6 Å². The molecule has 2 atom stereocenters. The van der Waals surface area contributed by atoms with Crippen LogP contribution in [0, 0.1) is 5.92 Å². The van der Waals surface area contributed by atoms with Crippen LogP contribution < -0.4 is 15.4 Å². The summed E-state index contributed by atoms with van der Waals surface area (Å²) < 4.78 is 28.6. The lowest BCUT2D eigenvalue weighted by Gasteiger charge is -2.29. The molecule has 2 N–H and O–H groups in total. The van der Waals surface area contributed by atoms with E-state index in [0.29, 0.717) is 17.6 Å². The van der Waals surface area contributed by atoms with Crippen LogP contribution in [0.2, 0.25) is 5.02 Å². The van der Waals surface area contributed by atoms with Crippen LogP contribution in [-0.2, 0) is 4.79 Å². The van der Waals surface area contributed by atoms with Crippen LogP contribution in [0.25, 0.3) is 0 Å². The van der Waals surface area contributed by atoms with Gasteiger partial charge in [-0.05, 0) is 37.0 Å². The van der Waals surface area contributed by atoms with Gasteiger partial charge in [-0.2, -0.15) is 8.78 Å². The molecule has 1 fully saturated rings. The van der Waals surface area contributed by atoms with Gasteiger partial charge in [0.2, 0.25) is 5.91 Å². The molecule has 1 aliphatic carbocycles. The Kier molecular flexibility index (Phi) is 6.59. The molecule has 1 amide bonds. The van der Waals surface area contributed by atoms with Gasteiger partial charge in [-0.1, -0.05) is 31.4 Å². The second kappa shape index (κ2) is 8.45. The Morgan fingerprint density at radius 3 is 2.78 bits per heavy atom. The SMILES string of the molecule is CC1CCCCC1NCC(=O)Nc1ccc(OC(F)F)c(Cl)c1. The number of carbonyl (C=O) groups is 1. The van der Waals surface area contributed by atoms with Crippen LogP contribution in [-0.4, -0.2) is 25.1 Å². The summed E-state index contributed by atoms with van der Waals surface area (Å²) >= 11 is 5.85. The van der Waals surface area contributed by atoms with Crippen molar-refractivity contribution in [3.05, 3.63) is 23.2 Å². The Morgan fingerprint density at radius 1 is 1.39 bits per heavy atom. The number of ether oxygens (including phenoxy) is 1. The summed E-state index contributed by atoms with van der Waals surface area (Å²) in [6.45, 7) is -0.535. The molecule has 0 heterocycles. The highest BCUT2D eigenvalue weighted by Crippen LogP contribution is 2.29. The molecule has 23 heavy (non-hydrogen) atoms. The number of rotatable bonds is 6. The zero-order valence-electron chi connectivity index (χ0n) is 13.0. The number of alkyl halides is 2. The highest BCUT2D eigenvalue weighted by molar-refractivity contribution is 6.32. The molecule has 0 aliphatic heterocycles. The third-order valence-electron chi connectivity index (χ3n) is 4.07. The van der Waals surface area contributed by atoms with Gasteiger partial charge in [0, 0.05) is 11.7 Å². The summed E-state index contributed by atoms with van der Waals surface area (Å²) in [4.78, 5) is 12.0. The molecule has 1 aromatic carbocycles. The molecule has 1 aromatic rings. The minimum Gasteiger partial charge on any atom is -0.433 e. The molecule has 0 radical (unpaired) electrons. The van der Waals surface area contributed by atoms with E-state index >= 15 is 0 Å². The van der Waals surface area contributed by atoms with Gasteiger partial charge in [0.05, 0.1) is 11.6 Å². The predicted octanol–water partition coefficient (Wildman–Crippen LogP) is 4.05. The molecule has 4 nitrogen and oxygen atoms in total. The van der Waals surface area contributed by atoms with E-state index in [-0.39, 0.29) is 23.2 Å². The molecular weight excluding hydrogens is 326 g/mol. The third kappa shape index (κ3) is 5.62. The standard InChI is InChI=1S/C16H21ClF2N2O2/c1-10-4-2-3-5-13(10)20-9-15(22)21-11-6-7-14(12(17)8-11)23-16(18)19/h6-8,10,13,16,20H,2-5,9H2,1H3,(H,21,22). The van der Waals surface area contributed by atoms with E-state index < -0.39 is 6.61 Å². The van der Waals surface area contributed by atoms with Gasteiger partial charge in [0.15, 0.2) is 0 Å². The lowest BCUT2D eigenvalue weighted by Crippen LogP contribution is -2.41. The van der Waals surface area contributed by atoms with E-state index in [1.165, 1.54) is 37.5 Å². The zero-order chi connectivity index (χ0) is 16.8. The molecule has 2 unspecified atom stereocenters. The highest BCUT2D eigenvalue weighted by atomic mass is 35.5. The predicted molar refractivity (Wildman–Crippen MR) is 86.1 cm³/mol. The van der Waals surface area contributed by atoms with E-state index in [9.17, 15) is 13.6 Å². The first-order valence-electron chi connectivity index (χ1n) is 7.73. The molecule has 128 valence electrons. The molecule has 0 saturated heterocycles. The normalized spacial score (nSPS) is 21.3. The number of hydrogen-bond acceptors (Lipinski definition) is 3. The zero-order valence-corrected chi connectivity index (χ0v) is 13.7. The van der Waals surface area contributed by atoms with E-state index in [1.54, 1.807) is 0 Å². The van der Waals surface area contributed by atoms with E-state index in [1.807, 2.05) is 0 Å². The minimum atomic E-state index is -2.94. The van der Waals surface area contributed by atoms with Crippen LogP contribution in [0.4, 0.5) is 14.5 Å². The van der Waals surface area contributed by atoms with E-state index in [2.05, 4.69) is 22.3 Å². The number of nitrogens with one attached hydrogen (secondary N) is 2. The second-order valence-corrected chi connectivity index (χ2v) is 6.23. The first-order valence-corrected chi connectivity index (χ1v) is 8.11. The summed E-state index contributed by atoms with van der Waals surface area (Å²) in [6.07, 6.45) is 4.70. The van der Waals surface area contributed by atoms with Gasteiger partial charge in [0.1, 0.15) is 5.75 Å².